The molecule has 0 saturated carbocycles. The minimum Gasteiger partial charge on any atom is -0.468 e. The van der Waals surface area contributed by atoms with Gasteiger partial charge in [-0.3, -0.25) is 0 Å². The van der Waals surface area contributed by atoms with Crippen molar-refractivity contribution in [3.63, 3.8) is 0 Å². The van der Waals surface area contributed by atoms with Crippen molar-refractivity contribution in [3.05, 3.63) is 70.8 Å². The molecule has 0 spiro atoms. The van der Waals surface area contributed by atoms with Gasteiger partial charge in [-0.1, -0.05) is 37.6 Å². The van der Waals surface area contributed by atoms with E-state index in [1.807, 2.05) is 26.0 Å². The Morgan fingerprint density at radius 1 is 1.00 bits per heavy atom. The number of benzene rings is 1. The van der Waals surface area contributed by atoms with E-state index < -0.39 is 11.7 Å². The average molecular weight is 438 g/mol. The van der Waals surface area contributed by atoms with Crippen molar-refractivity contribution < 1.29 is 22.6 Å². The number of aryl methyl sites for hydroxylation is 1. The molecule has 0 N–H and O–H groups in total. The van der Waals surface area contributed by atoms with Crippen LogP contribution < -0.4 is 9.47 Å². The summed E-state index contributed by atoms with van der Waals surface area (Å²) >= 11 is 6.30. The average Bonchev–Trinajstić information content (AvgIpc) is 2.73. The highest BCUT2D eigenvalue weighted by Gasteiger charge is 2.30. The van der Waals surface area contributed by atoms with Crippen LogP contribution in [0.2, 0.25) is 5.02 Å². The molecular weight excluding hydrogens is 419 g/mol. The second-order valence-corrected chi connectivity index (χ2v) is 6.74. The van der Waals surface area contributed by atoms with E-state index in [2.05, 4.69) is 15.0 Å². The summed E-state index contributed by atoms with van der Waals surface area (Å²) in [6, 6.07) is 9.11. The summed E-state index contributed by atoms with van der Waals surface area (Å²) in [4.78, 5) is 11.9. The smallest absolute Gasteiger partial charge is 0.417 e. The van der Waals surface area contributed by atoms with E-state index >= 15 is 0 Å². The molecule has 30 heavy (non-hydrogen) atoms. The zero-order chi connectivity index (χ0) is 21.7. The fourth-order valence-electron chi connectivity index (χ4n) is 2.72. The highest BCUT2D eigenvalue weighted by Crippen LogP contribution is 2.32. The summed E-state index contributed by atoms with van der Waals surface area (Å²) in [5, 5.41) is 0.395. The zero-order valence-corrected chi connectivity index (χ0v) is 17.0. The largest absolute Gasteiger partial charge is 0.468 e. The predicted molar refractivity (Wildman–Crippen MR) is 106 cm³/mol. The number of ether oxygens (including phenoxy) is 2. The third-order valence-electron chi connectivity index (χ3n) is 4.33. The maximum atomic E-state index is 12.6. The van der Waals surface area contributed by atoms with Crippen LogP contribution in [0.3, 0.4) is 0 Å². The zero-order valence-electron chi connectivity index (χ0n) is 16.3. The summed E-state index contributed by atoms with van der Waals surface area (Å²) in [7, 11) is 0. The predicted octanol–water partition coefficient (Wildman–Crippen LogP) is 6.43. The summed E-state index contributed by atoms with van der Waals surface area (Å²) in [5.74, 6) is 0.831. The van der Waals surface area contributed by atoms with Crippen molar-refractivity contribution in [1.82, 2.24) is 15.0 Å². The lowest BCUT2D eigenvalue weighted by Gasteiger charge is -2.18. The topological polar surface area (TPSA) is 57.1 Å². The summed E-state index contributed by atoms with van der Waals surface area (Å²) in [5.41, 5.74) is 0.755. The molecule has 0 amide bonds. The van der Waals surface area contributed by atoms with Gasteiger partial charge < -0.3 is 9.47 Å². The third-order valence-corrected chi connectivity index (χ3v) is 4.71. The van der Waals surface area contributed by atoms with Crippen LogP contribution in [0.15, 0.2) is 48.9 Å². The van der Waals surface area contributed by atoms with Crippen LogP contribution in [-0.4, -0.2) is 15.0 Å². The van der Waals surface area contributed by atoms with Gasteiger partial charge in [0.15, 0.2) is 0 Å². The molecular formula is C21H19ClF3N3O2. The van der Waals surface area contributed by atoms with E-state index in [-0.39, 0.29) is 12.0 Å². The molecule has 0 radical (unpaired) electrons. The van der Waals surface area contributed by atoms with E-state index in [1.54, 1.807) is 12.1 Å². The second-order valence-electron chi connectivity index (χ2n) is 6.36. The monoisotopic (exact) mass is 437 g/mol. The normalized spacial score (nSPS) is 12.5. The van der Waals surface area contributed by atoms with Crippen LogP contribution in [0.4, 0.5) is 13.2 Å². The van der Waals surface area contributed by atoms with Gasteiger partial charge in [0.25, 0.3) is 0 Å². The number of rotatable bonds is 7. The first-order chi connectivity index (χ1) is 14.3. The van der Waals surface area contributed by atoms with Crippen molar-refractivity contribution in [2.75, 3.05) is 0 Å². The lowest BCUT2D eigenvalue weighted by Crippen LogP contribution is -2.09. The first-order valence-corrected chi connectivity index (χ1v) is 9.66. The van der Waals surface area contributed by atoms with Gasteiger partial charge in [0, 0.05) is 12.3 Å². The maximum absolute atomic E-state index is 12.6. The number of hydrogen-bond acceptors (Lipinski definition) is 5. The molecule has 0 aliphatic carbocycles. The summed E-state index contributed by atoms with van der Waals surface area (Å²) in [6.07, 6.45) is -1.24. The molecule has 1 unspecified atom stereocenters. The van der Waals surface area contributed by atoms with Crippen molar-refractivity contribution in [3.8, 4) is 17.5 Å². The lowest BCUT2D eigenvalue weighted by atomic mass is 10.1. The molecule has 2 aromatic heterocycles. The standard InChI is InChI=1S/C21H19ClF3N3O2/c1-3-16-19(22)20(28-12-27-16)30-17(4-2)13-5-8-15(9-6-13)29-18-10-7-14(11-26-18)21(23,24)25/h5-12,17H,3-4H2,1-2H3. The number of nitrogens with zero attached hydrogens (tertiary/aromatic N) is 3. The number of aromatic nitrogens is 3. The minimum atomic E-state index is -4.44. The fourth-order valence-corrected chi connectivity index (χ4v) is 2.99. The van der Waals surface area contributed by atoms with Crippen LogP contribution in [0.1, 0.15) is 43.2 Å². The quantitative estimate of drug-likeness (QED) is 0.426. The minimum absolute atomic E-state index is 0.0684. The van der Waals surface area contributed by atoms with Crippen LogP contribution in [0.5, 0.6) is 17.5 Å². The molecule has 0 saturated heterocycles. The Kier molecular flexibility index (Phi) is 6.77. The van der Waals surface area contributed by atoms with Crippen molar-refractivity contribution in [2.24, 2.45) is 0 Å². The van der Waals surface area contributed by atoms with Gasteiger partial charge in [-0.15, -0.1) is 0 Å². The number of pyridine rings is 1. The Labute approximate surface area is 176 Å². The summed E-state index contributed by atoms with van der Waals surface area (Å²) < 4.78 is 49.3. The molecule has 1 atom stereocenters. The molecule has 3 rings (SSSR count). The van der Waals surface area contributed by atoms with Gasteiger partial charge in [0.1, 0.15) is 23.2 Å². The molecule has 0 aliphatic rings. The number of halogens is 4. The second kappa shape index (κ2) is 9.30. The van der Waals surface area contributed by atoms with E-state index in [0.717, 1.165) is 17.8 Å². The van der Waals surface area contributed by atoms with Crippen molar-refractivity contribution in [1.29, 1.82) is 0 Å². The molecule has 3 aromatic rings. The third kappa shape index (κ3) is 5.18. The van der Waals surface area contributed by atoms with E-state index in [0.29, 0.717) is 35.2 Å². The van der Waals surface area contributed by atoms with Gasteiger partial charge >= 0.3 is 6.18 Å². The Balaban J connectivity index is 1.71. The van der Waals surface area contributed by atoms with Gasteiger partial charge in [0.2, 0.25) is 11.8 Å². The van der Waals surface area contributed by atoms with Crippen LogP contribution in [0, 0.1) is 0 Å². The first-order valence-electron chi connectivity index (χ1n) is 9.28. The van der Waals surface area contributed by atoms with Crippen LogP contribution >= 0.6 is 11.6 Å². The number of alkyl halides is 3. The molecule has 2 heterocycles. The van der Waals surface area contributed by atoms with E-state index in [1.165, 1.54) is 12.4 Å². The highest BCUT2D eigenvalue weighted by atomic mass is 35.5. The molecule has 0 bridgehead atoms. The van der Waals surface area contributed by atoms with Crippen molar-refractivity contribution >= 4 is 11.6 Å². The molecule has 0 fully saturated rings. The lowest BCUT2D eigenvalue weighted by molar-refractivity contribution is -0.137. The maximum Gasteiger partial charge on any atom is 0.417 e. The van der Waals surface area contributed by atoms with Gasteiger partial charge in [-0.25, -0.2) is 15.0 Å². The van der Waals surface area contributed by atoms with Crippen LogP contribution in [-0.2, 0) is 12.6 Å². The number of hydrogen-bond donors (Lipinski definition) is 0. The summed E-state index contributed by atoms with van der Waals surface area (Å²) in [6.45, 7) is 3.91. The van der Waals surface area contributed by atoms with Crippen LogP contribution in [0.25, 0.3) is 0 Å². The fraction of sp³-hybridized carbons (Fsp3) is 0.286. The molecule has 5 nitrogen and oxygen atoms in total. The van der Waals surface area contributed by atoms with E-state index in [9.17, 15) is 13.2 Å². The van der Waals surface area contributed by atoms with Gasteiger partial charge in [0.05, 0.1) is 11.3 Å². The molecule has 1 aromatic carbocycles. The molecule has 158 valence electrons. The molecule has 9 heteroatoms. The highest BCUT2D eigenvalue weighted by molar-refractivity contribution is 6.32. The van der Waals surface area contributed by atoms with Crippen molar-refractivity contribution in [2.45, 2.75) is 39.0 Å². The Bertz CT molecular complexity index is 980. The Morgan fingerprint density at radius 2 is 1.73 bits per heavy atom. The Morgan fingerprint density at radius 3 is 2.30 bits per heavy atom. The van der Waals surface area contributed by atoms with Gasteiger partial charge in [-0.05, 0) is 36.6 Å². The Hall–Kier alpha value is -2.87. The molecule has 0 aliphatic heterocycles. The van der Waals surface area contributed by atoms with Gasteiger partial charge in [-0.2, -0.15) is 13.2 Å². The first kappa shape index (κ1) is 21.8. The van der Waals surface area contributed by atoms with E-state index in [4.69, 9.17) is 21.1 Å². The SMILES string of the molecule is CCc1ncnc(OC(CC)c2ccc(Oc3ccc(C(F)(F)F)cn3)cc2)c1Cl.